The van der Waals surface area contributed by atoms with Crippen LogP contribution in [0.15, 0.2) is 23.1 Å². The number of nitrogens with zero attached hydrogens (tertiary/aromatic N) is 1. The van der Waals surface area contributed by atoms with E-state index < -0.39 is 10.0 Å². The SMILES string of the molecule is COCC(C)Oc1ccc(Cl)cc1S(=O)(=O)N1CCCCC1CN. The fraction of sp³-hybridized carbons (Fsp3) is 0.625. The van der Waals surface area contributed by atoms with Crippen molar-refractivity contribution in [2.24, 2.45) is 5.73 Å². The largest absolute Gasteiger partial charge is 0.487 e. The van der Waals surface area contributed by atoms with Gasteiger partial charge in [0.2, 0.25) is 10.0 Å². The summed E-state index contributed by atoms with van der Waals surface area (Å²) in [4.78, 5) is 0.0818. The standard InChI is InChI=1S/C16H25ClN2O4S/c1-12(11-22-2)23-15-7-6-13(17)9-16(15)24(20,21)19-8-4-3-5-14(19)10-18/h6-7,9,12,14H,3-5,8,10-11,18H2,1-2H3. The Morgan fingerprint density at radius 2 is 2.17 bits per heavy atom. The summed E-state index contributed by atoms with van der Waals surface area (Å²) in [6.45, 7) is 2.94. The summed E-state index contributed by atoms with van der Waals surface area (Å²) in [7, 11) is -2.17. The van der Waals surface area contributed by atoms with Crippen molar-refractivity contribution in [2.75, 3.05) is 26.8 Å². The average molecular weight is 377 g/mol. The number of rotatable bonds is 7. The van der Waals surface area contributed by atoms with Crippen LogP contribution in [0.3, 0.4) is 0 Å². The van der Waals surface area contributed by atoms with Gasteiger partial charge in [0.25, 0.3) is 0 Å². The van der Waals surface area contributed by atoms with Gasteiger partial charge in [0.05, 0.1) is 6.61 Å². The van der Waals surface area contributed by atoms with Gasteiger partial charge < -0.3 is 15.2 Å². The predicted octanol–water partition coefficient (Wildman–Crippen LogP) is 2.26. The number of nitrogens with two attached hydrogens (primary N) is 1. The molecule has 2 atom stereocenters. The lowest BCUT2D eigenvalue weighted by Crippen LogP contribution is -2.47. The molecule has 0 aliphatic carbocycles. The minimum absolute atomic E-state index is 0.0818. The molecule has 8 heteroatoms. The van der Waals surface area contributed by atoms with Crippen molar-refractivity contribution in [3.05, 3.63) is 23.2 Å². The van der Waals surface area contributed by atoms with Gasteiger partial charge in [0.15, 0.2) is 0 Å². The van der Waals surface area contributed by atoms with Gasteiger partial charge in [-0.3, -0.25) is 0 Å². The molecule has 0 bridgehead atoms. The molecule has 0 spiro atoms. The first-order chi connectivity index (χ1) is 11.4. The molecule has 1 aliphatic heterocycles. The summed E-state index contributed by atoms with van der Waals surface area (Å²) in [5.41, 5.74) is 5.78. The number of piperidine rings is 1. The zero-order chi connectivity index (χ0) is 17.7. The zero-order valence-electron chi connectivity index (χ0n) is 14.1. The zero-order valence-corrected chi connectivity index (χ0v) is 15.6. The van der Waals surface area contributed by atoms with Crippen molar-refractivity contribution in [1.29, 1.82) is 0 Å². The molecular weight excluding hydrogens is 352 g/mol. The second kappa shape index (κ2) is 8.49. The van der Waals surface area contributed by atoms with E-state index in [2.05, 4.69) is 0 Å². The van der Waals surface area contributed by atoms with E-state index in [1.165, 1.54) is 10.4 Å². The topological polar surface area (TPSA) is 81.9 Å². The van der Waals surface area contributed by atoms with Crippen molar-refractivity contribution in [3.63, 3.8) is 0 Å². The number of halogens is 1. The second-order valence-corrected chi connectivity index (χ2v) is 8.27. The highest BCUT2D eigenvalue weighted by Crippen LogP contribution is 2.33. The lowest BCUT2D eigenvalue weighted by Gasteiger charge is -2.34. The minimum atomic E-state index is -3.73. The van der Waals surface area contributed by atoms with Crippen molar-refractivity contribution in [3.8, 4) is 5.75 Å². The Labute approximate surface area is 148 Å². The van der Waals surface area contributed by atoms with Crippen molar-refractivity contribution in [2.45, 2.75) is 43.2 Å². The van der Waals surface area contributed by atoms with Gasteiger partial charge in [0, 0.05) is 31.3 Å². The summed E-state index contributed by atoms with van der Waals surface area (Å²) in [6.07, 6.45) is 2.30. The van der Waals surface area contributed by atoms with Crippen LogP contribution in [0.1, 0.15) is 26.2 Å². The number of sulfonamides is 1. The summed E-state index contributed by atoms with van der Waals surface area (Å²) < 4.78 is 38.6. The minimum Gasteiger partial charge on any atom is -0.487 e. The first-order valence-electron chi connectivity index (χ1n) is 8.07. The van der Waals surface area contributed by atoms with Crippen LogP contribution in [-0.4, -0.2) is 51.7 Å². The monoisotopic (exact) mass is 376 g/mol. The average Bonchev–Trinajstić information content (AvgIpc) is 2.56. The smallest absolute Gasteiger partial charge is 0.247 e. The third-order valence-corrected chi connectivity index (χ3v) is 6.28. The maximum atomic E-state index is 13.2. The molecule has 1 aromatic carbocycles. The molecule has 0 amide bonds. The van der Waals surface area contributed by atoms with Crippen LogP contribution in [0, 0.1) is 0 Å². The Balaban J connectivity index is 2.39. The molecule has 136 valence electrons. The Morgan fingerprint density at radius 3 is 2.83 bits per heavy atom. The summed E-state index contributed by atoms with van der Waals surface area (Å²) >= 11 is 6.04. The lowest BCUT2D eigenvalue weighted by atomic mass is 10.1. The summed E-state index contributed by atoms with van der Waals surface area (Å²) in [5, 5.41) is 0.349. The third kappa shape index (κ3) is 4.40. The normalized spacial score (nSPS) is 20.8. The molecule has 1 aliphatic rings. The fourth-order valence-electron chi connectivity index (χ4n) is 2.92. The Hall–Kier alpha value is -0.860. The Morgan fingerprint density at radius 1 is 1.42 bits per heavy atom. The van der Waals surface area contributed by atoms with Gasteiger partial charge in [-0.25, -0.2) is 8.42 Å². The van der Waals surface area contributed by atoms with Crippen molar-refractivity contribution >= 4 is 21.6 Å². The first-order valence-corrected chi connectivity index (χ1v) is 9.89. The number of benzene rings is 1. The van der Waals surface area contributed by atoms with E-state index in [1.54, 1.807) is 19.2 Å². The van der Waals surface area contributed by atoms with Crippen molar-refractivity contribution < 1.29 is 17.9 Å². The molecule has 2 rings (SSSR count). The quantitative estimate of drug-likeness (QED) is 0.789. The van der Waals surface area contributed by atoms with Crippen LogP contribution in [-0.2, 0) is 14.8 Å². The van der Waals surface area contributed by atoms with Crippen LogP contribution in [0.2, 0.25) is 5.02 Å². The van der Waals surface area contributed by atoms with Crippen LogP contribution in [0.5, 0.6) is 5.75 Å². The summed E-state index contributed by atoms with van der Waals surface area (Å²) in [5.74, 6) is 0.283. The van der Waals surface area contributed by atoms with E-state index in [1.807, 2.05) is 6.92 Å². The lowest BCUT2D eigenvalue weighted by molar-refractivity contribution is 0.0899. The first kappa shape index (κ1) is 19.5. The van der Waals surface area contributed by atoms with Gasteiger partial charge in [-0.1, -0.05) is 18.0 Å². The van der Waals surface area contributed by atoms with Crippen LogP contribution in [0.4, 0.5) is 0 Å². The number of hydrogen-bond acceptors (Lipinski definition) is 5. The Bertz CT molecular complexity index is 653. The third-order valence-electron chi connectivity index (χ3n) is 4.07. The number of hydrogen-bond donors (Lipinski definition) is 1. The van der Waals surface area contributed by atoms with Gasteiger partial charge in [0.1, 0.15) is 16.7 Å². The van der Waals surface area contributed by atoms with E-state index in [9.17, 15) is 8.42 Å². The molecule has 2 unspecified atom stereocenters. The van der Waals surface area contributed by atoms with E-state index in [0.717, 1.165) is 19.3 Å². The van der Waals surface area contributed by atoms with E-state index in [0.29, 0.717) is 24.7 Å². The molecule has 0 aromatic heterocycles. The highest BCUT2D eigenvalue weighted by atomic mass is 35.5. The molecule has 1 heterocycles. The number of methoxy groups -OCH3 is 1. The molecule has 1 saturated heterocycles. The van der Waals surface area contributed by atoms with Gasteiger partial charge in [-0.05, 0) is 38.0 Å². The molecule has 2 N–H and O–H groups in total. The van der Waals surface area contributed by atoms with Gasteiger partial charge in [-0.2, -0.15) is 4.31 Å². The highest BCUT2D eigenvalue weighted by molar-refractivity contribution is 7.89. The number of ether oxygens (including phenoxy) is 2. The molecule has 6 nitrogen and oxygen atoms in total. The highest BCUT2D eigenvalue weighted by Gasteiger charge is 2.35. The molecule has 24 heavy (non-hydrogen) atoms. The van der Waals surface area contributed by atoms with E-state index >= 15 is 0 Å². The molecule has 0 radical (unpaired) electrons. The van der Waals surface area contributed by atoms with Crippen LogP contribution >= 0.6 is 11.6 Å². The molecule has 0 saturated carbocycles. The Kier molecular flexibility index (Phi) is 6.88. The van der Waals surface area contributed by atoms with E-state index in [4.69, 9.17) is 26.8 Å². The second-order valence-electron chi connectivity index (χ2n) is 5.98. The molecule has 1 fully saturated rings. The summed E-state index contributed by atoms with van der Waals surface area (Å²) in [6, 6.07) is 4.45. The van der Waals surface area contributed by atoms with Crippen LogP contribution in [0.25, 0.3) is 0 Å². The predicted molar refractivity (Wildman–Crippen MR) is 94.0 cm³/mol. The maximum Gasteiger partial charge on any atom is 0.247 e. The van der Waals surface area contributed by atoms with Crippen LogP contribution < -0.4 is 10.5 Å². The van der Waals surface area contributed by atoms with Gasteiger partial charge >= 0.3 is 0 Å². The molecular formula is C16H25ClN2O4S. The van der Waals surface area contributed by atoms with Gasteiger partial charge in [-0.15, -0.1) is 0 Å². The fourth-order valence-corrected chi connectivity index (χ4v) is 5.01. The van der Waals surface area contributed by atoms with Crippen molar-refractivity contribution in [1.82, 2.24) is 4.31 Å². The van der Waals surface area contributed by atoms with E-state index in [-0.39, 0.29) is 22.8 Å². The molecule has 1 aromatic rings. The maximum absolute atomic E-state index is 13.2.